The number of aliphatic hydroxyl groups is 1. The van der Waals surface area contributed by atoms with Crippen LogP contribution in [0.2, 0.25) is 0 Å². The fourth-order valence-corrected chi connectivity index (χ4v) is 2.56. The Hall–Kier alpha value is -1.73. The molecule has 4 heteroatoms. The molecule has 4 N–H and O–H groups in total. The van der Waals surface area contributed by atoms with Gasteiger partial charge < -0.3 is 16.2 Å². The number of aliphatic hydroxyl groups excluding tert-OH is 1. The molecule has 0 bridgehead atoms. The van der Waals surface area contributed by atoms with Gasteiger partial charge in [-0.2, -0.15) is 5.26 Å². The van der Waals surface area contributed by atoms with Crippen molar-refractivity contribution in [2.75, 3.05) is 17.7 Å². The van der Waals surface area contributed by atoms with E-state index in [2.05, 4.69) is 11.4 Å². The average Bonchev–Trinajstić information content (AvgIpc) is 2.41. The number of nitriles is 1. The summed E-state index contributed by atoms with van der Waals surface area (Å²) in [7, 11) is 0. The summed E-state index contributed by atoms with van der Waals surface area (Å²) in [6.45, 7) is 0.256. The smallest absolute Gasteiger partial charge is 0.0992 e. The van der Waals surface area contributed by atoms with Gasteiger partial charge in [-0.15, -0.1) is 0 Å². The second-order valence-electron chi connectivity index (χ2n) is 4.97. The first-order valence-corrected chi connectivity index (χ1v) is 6.40. The molecule has 0 amide bonds. The highest BCUT2D eigenvalue weighted by Crippen LogP contribution is 2.28. The van der Waals surface area contributed by atoms with Gasteiger partial charge in [-0.05, 0) is 43.4 Å². The molecule has 2 atom stereocenters. The molecule has 0 spiro atoms. The average molecular weight is 245 g/mol. The molecule has 1 aliphatic carbocycles. The SMILES string of the molecule is N#Cc1ccc(N)c(NC2CCCC(CO)C2)c1. The molecule has 0 aromatic heterocycles. The maximum atomic E-state index is 9.22. The normalized spacial score (nSPS) is 23.3. The van der Waals surface area contributed by atoms with E-state index in [0.29, 0.717) is 23.2 Å². The molecule has 2 unspecified atom stereocenters. The van der Waals surface area contributed by atoms with Crippen LogP contribution in [0.15, 0.2) is 18.2 Å². The van der Waals surface area contributed by atoms with E-state index < -0.39 is 0 Å². The van der Waals surface area contributed by atoms with Crippen molar-refractivity contribution < 1.29 is 5.11 Å². The number of hydrogen-bond acceptors (Lipinski definition) is 4. The van der Waals surface area contributed by atoms with Crippen LogP contribution in [0.3, 0.4) is 0 Å². The topological polar surface area (TPSA) is 82.1 Å². The molecular formula is C14H19N3O. The number of nitrogen functional groups attached to an aromatic ring is 1. The minimum absolute atomic E-state index is 0.256. The van der Waals surface area contributed by atoms with Crippen molar-refractivity contribution in [3.8, 4) is 6.07 Å². The Bertz CT molecular complexity index is 453. The van der Waals surface area contributed by atoms with Crippen molar-refractivity contribution in [3.63, 3.8) is 0 Å². The Labute approximate surface area is 107 Å². The first-order chi connectivity index (χ1) is 8.72. The lowest BCUT2D eigenvalue weighted by Gasteiger charge is -2.29. The molecule has 1 fully saturated rings. The van der Waals surface area contributed by atoms with E-state index in [-0.39, 0.29) is 6.61 Å². The van der Waals surface area contributed by atoms with Gasteiger partial charge in [0.1, 0.15) is 0 Å². The highest BCUT2D eigenvalue weighted by atomic mass is 16.3. The summed E-state index contributed by atoms with van der Waals surface area (Å²) >= 11 is 0. The quantitative estimate of drug-likeness (QED) is 0.712. The molecule has 1 aromatic rings. The molecular weight excluding hydrogens is 226 g/mol. The summed E-state index contributed by atoms with van der Waals surface area (Å²) < 4.78 is 0. The van der Waals surface area contributed by atoms with E-state index >= 15 is 0 Å². The van der Waals surface area contributed by atoms with E-state index in [1.54, 1.807) is 18.2 Å². The predicted octanol–water partition coefficient (Wildman–Crippen LogP) is 2.10. The molecule has 2 rings (SSSR count). The number of benzene rings is 1. The van der Waals surface area contributed by atoms with Gasteiger partial charge in [0, 0.05) is 12.6 Å². The summed E-state index contributed by atoms with van der Waals surface area (Å²) in [5.74, 6) is 0.386. The third-order valence-corrected chi connectivity index (χ3v) is 3.58. The third kappa shape index (κ3) is 2.93. The molecule has 4 nitrogen and oxygen atoms in total. The fourth-order valence-electron chi connectivity index (χ4n) is 2.56. The molecule has 1 saturated carbocycles. The molecule has 18 heavy (non-hydrogen) atoms. The summed E-state index contributed by atoms with van der Waals surface area (Å²) in [6, 6.07) is 7.72. The van der Waals surface area contributed by atoms with Crippen LogP contribution in [0.5, 0.6) is 0 Å². The predicted molar refractivity (Wildman–Crippen MR) is 72.0 cm³/mol. The third-order valence-electron chi connectivity index (χ3n) is 3.58. The van der Waals surface area contributed by atoms with Gasteiger partial charge in [0.2, 0.25) is 0 Å². The number of anilines is 2. The van der Waals surface area contributed by atoms with Crippen LogP contribution in [0.1, 0.15) is 31.2 Å². The number of rotatable bonds is 3. The number of nitrogens with one attached hydrogen (secondary N) is 1. The highest BCUT2D eigenvalue weighted by molar-refractivity contribution is 5.68. The summed E-state index contributed by atoms with van der Waals surface area (Å²) in [6.07, 6.45) is 4.28. The van der Waals surface area contributed by atoms with E-state index in [1.807, 2.05) is 0 Å². The minimum Gasteiger partial charge on any atom is -0.397 e. The second kappa shape index (κ2) is 5.74. The van der Waals surface area contributed by atoms with E-state index in [1.165, 1.54) is 0 Å². The van der Waals surface area contributed by atoms with Crippen molar-refractivity contribution in [3.05, 3.63) is 23.8 Å². The van der Waals surface area contributed by atoms with Crippen LogP contribution in [-0.4, -0.2) is 17.8 Å². The standard InChI is InChI=1S/C14H19N3O/c15-8-10-4-5-13(16)14(7-10)17-12-3-1-2-11(6-12)9-18/h4-5,7,11-12,17-18H,1-3,6,9,16H2. The molecule has 0 radical (unpaired) electrons. The van der Waals surface area contributed by atoms with Crippen LogP contribution in [-0.2, 0) is 0 Å². The summed E-state index contributed by atoms with van der Waals surface area (Å²) in [5, 5.41) is 21.5. The van der Waals surface area contributed by atoms with Crippen molar-refractivity contribution in [1.29, 1.82) is 5.26 Å². The van der Waals surface area contributed by atoms with Gasteiger partial charge in [-0.1, -0.05) is 6.42 Å². The molecule has 0 heterocycles. The lowest BCUT2D eigenvalue weighted by molar-refractivity contribution is 0.184. The second-order valence-corrected chi connectivity index (χ2v) is 4.97. The summed E-state index contributed by atoms with van der Waals surface area (Å²) in [5.41, 5.74) is 8.02. The Morgan fingerprint density at radius 2 is 2.28 bits per heavy atom. The Morgan fingerprint density at radius 3 is 3.00 bits per heavy atom. The van der Waals surface area contributed by atoms with Crippen molar-refractivity contribution >= 4 is 11.4 Å². The molecule has 0 saturated heterocycles. The molecule has 1 aromatic carbocycles. The zero-order chi connectivity index (χ0) is 13.0. The van der Waals surface area contributed by atoms with Gasteiger partial charge in [0.05, 0.1) is 23.0 Å². The first-order valence-electron chi connectivity index (χ1n) is 6.40. The maximum absolute atomic E-state index is 9.22. The highest BCUT2D eigenvalue weighted by Gasteiger charge is 2.21. The fraction of sp³-hybridized carbons (Fsp3) is 0.500. The number of nitrogens with two attached hydrogens (primary N) is 1. The van der Waals surface area contributed by atoms with Crippen molar-refractivity contribution in [2.45, 2.75) is 31.7 Å². The zero-order valence-corrected chi connectivity index (χ0v) is 10.4. The van der Waals surface area contributed by atoms with E-state index in [4.69, 9.17) is 11.0 Å². The molecule has 0 aliphatic heterocycles. The minimum atomic E-state index is 0.256. The molecule has 96 valence electrons. The zero-order valence-electron chi connectivity index (χ0n) is 10.4. The Morgan fingerprint density at radius 1 is 1.44 bits per heavy atom. The largest absolute Gasteiger partial charge is 0.397 e. The van der Waals surface area contributed by atoms with Gasteiger partial charge in [0.15, 0.2) is 0 Å². The summed E-state index contributed by atoms with van der Waals surface area (Å²) in [4.78, 5) is 0. The van der Waals surface area contributed by atoms with Crippen LogP contribution >= 0.6 is 0 Å². The molecule has 1 aliphatic rings. The monoisotopic (exact) mass is 245 g/mol. The number of hydrogen-bond donors (Lipinski definition) is 3. The van der Waals surface area contributed by atoms with Gasteiger partial charge in [-0.3, -0.25) is 0 Å². The van der Waals surface area contributed by atoms with Crippen LogP contribution in [0.4, 0.5) is 11.4 Å². The van der Waals surface area contributed by atoms with Crippen molar-refractivity contribution in [1.82, 2.24) is 0 Å². The Kier molecular flexibility index (Phi) is 4.06. The van der Waals surface area contributed by atoms with Gasteiger partial charge >= 0.3 is 0 Å². The maximum Gasteiger partial charge on any atom is 0.0992 e. The van der Waals surface area contributed by atoms with Crippen LogP contribution < -0.4 is 11.1 Å². The van der Waals surface area contributed by atoms with E-state index in [9.17, 15) is 5.11 Å². The van der Waals surface area contributed by atoms with E-state index in [0.717, 1.165) is 31.4 Å². The number of nitrogens with zero attached hydrogens (tertiary/aromatic N) is 1. The Balaban J connectivity index is 2.07. The lowest BCUT2D eigenvalue weighted by atomic mass is 9.86. The van der Waals surface area contributed by atoms with Crippen LogP contribution in [0, 0.1) is 17.2 Å². The first kappa shape index (κ1) is 12.7. The van der Waals surface area contributed by atoms with Gasteiger partial charge in [-0.25, -0.2) is 0 Å². The van der Waals surface area contributed by atoms with Crippen molar-refractivity contribution in [2.24, 2.45) is 5.92 Å². The lowest BCUT2D eigenvalue weighted by Crippen LogP contribution is -2.29. The van der Waals surface area contributed by atoms with Crippen LogP contribution in [0.25, 0.3) is 0 Å². The van der Waals surface area contributed by atoms with Gasteiger partial charge in [0.25, 0.3) is 0 Å².